The Kier molecular flexibility index (Phi) is 3.48. The standard InChI is InChI=1S/C10H14O2S/c1-7-5-9(13-6-7)4-3-8(2)10(11)12/h5-6,8H,3-4H2,1-2H3,(H,11,12). The molecule has 0 aromatic carbocycles. The highest BCUT2D eigenvalue weighted by atomic mass is 32.1. The van der Waals surface area contributed by atoms with Crippen LogP contribution in [0.15, 0.2) is 11.4 Å². The van der Waals surface area contributed by atoms with Crippen molar-refractivity contribution in [1.29, 1.82) is 0 Å². The topological polar surface area (TPSA) is 37.3 Å². The summed E-state index contributed by atoms with van der Waals surface area (Å²) in [4.78, 5) is 11.8. The molecule has 0 aliphatic heterocycles. The van der Waals surface area contributed by atoms with Gasteiger partial charge in [-0.25, -0.2) is 0 Å². The zero-order valence-corrected chi connectivity index (χ0v) is 8.73. The van der Waals surface area contributed by atoms with Crippen molar-refractivity contribution in [2.75, 3.05) is 0 Å². The fraction of sp³-hybridized carbons (Fsp3) is 0.500. The van der Waals surface area contributed by atoms with E-state index in [0.717, 1.165) is 12.8 Å². The second-order valence-corrected chi connectivity index (χ2v) is 4.36. The van der Waals surface area contributed by atoms with Gasteiger partial charge in [-0.15, -0.1) is 11.3 Å². The summed E-state index contributed by atoms with van der Waals surface area (Å²) in [5.74, 6) is -0.935. The van der Waals surface area contributed by atoms with Crippen LogP contribution < -0.4 is 0 Å². The van der Waals surface area contributed by atoms with Crippen molar-refractivity contribution in [3.63, 3.8) is 0 Å². The fourth-order valence-corrected chi connectivity index (χ4v) is 2.00. The van der Waals surface area contributed by atoms with E-state index in [-0.39, 0.29) is 5.92 Å². The Morgan fingerprint density at radius 2 is 2.38 bits per heavy atom. The molecule has 1 aromatic heterocycles. The van der Waals surface area contributed by atoms with Crippen LogP contribution in [0, 0.1) is 12.8 Å². The van der Waals surface area contributed by atoms with E-state index in [1.54, 1.807) is 18.3 Å². The largest absolute Gasteiger partial charge is 0.481 e. The maximum atomic E-state index is 10.5. The van der Waals surface area contributed by atoms with Crippen LogP contribution in [0.25, 0.3) is 0 Å². The van der Waals surface area contributed by atoms with Crippen LogP contribution in [0.3, 0.4) is 0 Å². The summed E-state index contributed by atoms with van der Waals surface area (Å²) >= 11 is 1.71. The minimum Gasteiger partial charge on any atom is -0.481 e. The monoisotopic (exact) mass is 198 g/mol. The average Bonchev–Trinajstić information content (AvgIpc) is 2.47. The molecule has 0 saturated carbocycles. The Morgan fingerprint density at radius 3 is 2.85 bits per heavy atom. The predicted molar refractivity (Wildman–Crippen MR) is 54.2 cm³/mol. The van der Waals surface area contributed by atoms with Crippen molar-refractivity contribution >= 4 is 17.3 Å². The molecule has 1 rings (SSSR count). The van der Waals surface area contributed by atoms with Gasteiger partial charge < -0.3 is 5.11 Å². The summed E-state index contributed by atoms with van der Waals surface area (Å²) in [5, 5.41) is 10.8. The minimum absolute atomic E-state index is 0.234. The smallest absolute Gasteiger partial charge is 0.306 e. The Morgan fingerprint density at radius 1 is 1.69 bits per heavy atom. The molecule has 0 spiro atoms. The molecule has 13 heavy (non-hydrogen) atoms. The van der Waals surface area contributed by atoms with Crippen LogP contribution in [0.1, 0.15) is 23.8 Å². The molecule has 0 amide bonds. The van der Waals surface area contributed by atoms with E-state index in [9.17, 15) is 4.79 Å². The Bertz CT molecular complexity index is 291. The number of hydrogen-bond donors (Lipinski definition) is 1. The number of carboxylic acid groups (broad SMARTS) is 1. The highest BCUT2D eigenvalue weighted by Gasteiger charge is 2.10. The van der Waals surface area contributed by atoms with E-state index in [4.69, 9.17) is 5.11 Å². The summed E-state index contributed by atoms with van der Waals surface area (Å²) in [6, 6.07) is 2.12. The molecule has 0 fully saturated rings. The third-order valence-electron chi connectivity index (χ3n) is 2.03. The van der Waals surface area contributed by atoms with Crippen molar-refractivity contribution in [3.05, 3.63) is 21.9 Å². The molecule has 2 nitrogen and oxygen atoms in total. The van der Waals surface area contributed by atoms with Gasteiger partial charge in [-0.3, -0.25) is 4.79 Å². The molecule has 0 bridgehead atoms. The molecule has 0 saturated heterocycles. The van der Waals surface area contributed by atoms with Gasteiger partial charge >= 0.3 is 5.97 Å². The molecule has 3 heteroatoms. The lowest BCUT2D eigenvalue weighted by Gasteiger charge is -2.03. The van der Waals surface area contributed by atoms with E-state index >= 15 is 0 Å². The van der Waals surface area contributed by atoms with Gasteiger partial charge in [0.2, 0.25) is 0 Å². The summed E-state index contributed by atoms with van der Waals surface area (Å²) in [7, 11) is 0. The van der Waals surface area contributed by atoms with Gasteiger partial charge in [-0.1, -0.05) is 6.92 Å². The third kappa shape index (κ3) is 3.19. The third-order valence-corrected chi connectivity index (χ3v) is 3.14. The number of rotatable bonds is 4. The van der Waals surface area contributed by atoms with Gasteiger partial charge in [0, 0.05) is 4.88 Å². The van der Waals surface area contributed by atoms with Gasteiger partial charge in [0.15, 0.2) is 0 Å². The molecule has 1 N–H and O–H groups in total. The number of thiophene rings is 1. The van der Waals surface area contributed by atoms with Crippen molar-refractivity contribution in [1.82, 2.24) is 0 Å². The molecule has 1 aromatic rings. The van der Waals surface area contributed by atoms with E-state index in [1.165, 1.54) is 10.4 Å². The first kappa shape index (κ1) is 10.3. The zero-order valence-electron chi connectivity index (χ0n) is 7.91. The number of aryl methyl sites for hydroxylation is 2. The number of hydrogen-bond acceptors (Lipinski definition) is 2. The summed E-state index contributed by atoms with van der Waals surface area (Å²) in [6.45, 7) is 3.81. The van der Waals surface area contributed by atoms with Crippen LogP contribution >= 0.6 is 11.3 Å². The van der Waals surface area contributed by atoms with E-state index in [0.29, 0.717) is 0 Å². The first-order chi connectivity index (χ1) is 6.09. The van der Waals surface area contributed by atoms with Crippen LogP contribution in [-0.4, -0.2) is 11.1 Å². The lowest BCUT2D eigenvalue weighted by Crippen LogP contribution is -2.09. The van der Waals surface area contributed by atoms with E-state index < -0.39 is 5.97 Å². The number of aliphatic carboxylic acids is 1. The van der Waals surface area contributed by atoms with Crippen LogP contribution in [0.2, 0.25) is 0 Å². The van der Waals surface area contributed by atoms with Crippen LogP contribution in [-0.2, 0) is 11.2 Å². The predicted octanol–water partition coefficient (Wildman–Crippen LogP) is 2.71. The van der Waals surface area contributed by atoms with Crippen molar-refractivity contribution in [3.8, 4) is 0 Å². The molecule has 1 atom stereocenters. The summed E-state index contributed by atoms with van der Waals surface area (Å²) in [5.41, 5.74) is 1.27. The fourth-order valence-electron chi connectivity index (χ4n) is 1.10. The maximum Gasteiger partial charge on any atom is 0.306 e. The van der Waals surface area contributed by atoms with E-state index in [2.05, 4.69) is 18.4 Å². The van der Waals surface area contributed by atoms with Gasteiger partial charge in [-0.2, -0.15) is 0 Å². The first-order valence-electron chi connectivity index (χ1n) is 4.36. The van der Waals surface area contributed by atoms with Gasteiger partial charge in [0.1, 0.15) is 0 Å². The Hall–Kier alpha value is -0.830. The number of carbonyl (C=O) groups is 1. The maximum absolute atomic E-state index is 10.5. The molecule has 1 unspecified atom stereocenters. The quantitative estimate of drug-likeness (QED) is 0.807. The van der Waals surface area contributed by atoms with Crippen molar-refractivity contribution < 1.29 is 9.90 Å². The first-order valence-corrected chi connectivity index (χ1v) is 5.24. The van der Waals surface area contributed by atoms with Gasteiger partial charge in [0.25, 0.3) is 0 Å². The minimum atomic E-state index is -0.701. The lowest BCUT2D eigenvalue weighted by molar-refractivity contribution is -0.141. The average molecular weight is 198 g/mol. The Balaban J connectivity index is 2.39. The summed E-state index contributed by atoms with van der Waals surface area (Å²) < 4.78 is 0. The molecule has 72 valence electrons. The second-order valence-electron chi connectivity index (χ2n) is 3.37. The Labute approximate surface area is 82.2 Å². The SMILES string of the molecule is Cc1csc(CCC(C)C(=O)O)c1. The van der Waals surface area contributed by atoms with Crippen molar-refractivity contribution in [2.45, 2.75) is 26.7 Å². The lowest BCUT2D eigenvalue weighted by atomic mass is 10.1. The van der Waals surface area contributed by atoms with Gasteiger partial charge in [0.05, 0.1) is 5.92 Å². The highest BCUT2D eigenvalue weighted by Crippen LogP contribution is 2.17. The molecular formula is C10H14O2S. The second kappa shape index (κ2) is 4.42. The molecule has 0 aliphatic carbocycles. The van der Waals surface area contributed by atoms with Crippen LogP contribution in [0.5, 0.6) is 0 Å². The highest BCUT2D eigenvalue weighted by molar-refractivity contribution is 7.10. The van der Waals surface area contributed by atoms with Crippen LogP contribution in [0.4, 0.5) is 0 Å². The normalized spacial score (nSPS) is 12.8. The molecule has 1 heterocycles. The zero-order chi connectivity index (χ0) is 9.84. The summed E-state index contributed by atoms with van der Waals surface area (Å²) in [6.07, 6.45) is 1.61. The van der Waals surface area contributed by atoms with E-state index in [1.807, 2.05) is 0 Å². The molecule has 0 radical (unpaired) electrons. The molecule has 0 aliphatic rings. The molecular weight excluding hydrogens is 184 g/mol. The number of carboxylic acids is 1. The van der Waals surface area contributed by atoms with Gasteiger partial charge in [-0.05, 0) is 36.8 Å². The van der Waals surface area contributed by atoms with Crippen molar-refractivity contribution in [2.24, 2.45) is 5.92 Å².